The van der Waals surface area contributed by atoms with E-state index in [1.165, 1.54) is 6.42 Å². The molecule has 1 saturated carbocycles. The van der Waals surface area contributed by atoms with Crippen molar-refractivity contribution in [2.45, 2.75) is 45.1 Å². The van der Waals surface area contributed by atoms with Crippen LogP contribution in [0, 0.1) is 5.92 Å². The number of aliphatic hydroxyl groups is 1. The zero-order valence-electron chi connectivity index (χ0n) is 10.2. The van der Waals surface area contributed by atoms with Crippen LogP contribution >= 0.6 is 0 Å². The Balaban J connectivity index is 2.56. The summed E-state index contributed by atoms with van der Waals surface area (Å²) in [5, 5.41) is 9.01. The Morgan fingerprint density at radius 2 is 2.25 bits per heavy atom. The molecule has 1 unspecified atom stereocenters. The molecule has 0 bridgehead atoms. The highest BCUT2D eigenvalue weighted by molar-refractivity contribution is 5.79. The van der Waals surface area contributed by atoms with Crippen molar-refractivity contribution in [3.63, 3.8) is 0 Å². The monoisotopic (exact) mass is 228 g/mol. The van der Waals surface area contributed by atoms with Gasteiger partial charge in [0, 0.05) is 19.1 Å². The van der Waals surface area contributed by atoms with E-state index >= 15 is 0 Å². The molecule has 1 fully saturated rings. The summed E-state index contributed by atoms with van der Waals surface area (Å²) in [6.45, 7) is 2.99. The molecule has 94 valence electrons. The van der Waals surface area contributed by atoms with E-state index in [4.69, 9.17) is 10.8 Å². The Kier molecular flexibility index (Phi) is 5.77. The van der Waals surface area contributed by atoms with E-state index in [1.54, 1.807) is 0 Å². The number of carbonyl (C=O) groups is 1. The molecule has 1 aliphatic rings. The third-order valence-electron chi connectivity index (χ3n) is 3.41. The van der Waals surface area contributed by atoms with Gasteiger partial charge in [-0.1, -0.05) is 13.3 Å². The van der Waals surface area contributed by atoms with Gasteiger partial charge in [-0.25, -0.2) is 0 Å². The van der Waals surface area contributed by atoms with Gasteiger partial charge in [-0.15, -0.1) is 0 Å². The molecule has 1 aliphatic carbocycles. The van der Waals surface area contributed by atoms with E-state index in [-0.39, 0.29) is 18.4 Å². The molecule has 3 N–H and O–H groups in total. The highest BCUT2D eigenvalue weighted by Crippen LogP contribution is 2.26. The predicted octanol–water partition coefficient (Wildman–Crippen LogP) is 0.735. The average molecular weight is 228 g/mol. The highest BCUT2D eigenvalue weighted by atomic mass is 16.3. The van der Waals surface area contributed by atoms with Crippen molar-refractivity contribution in [3.05, 3.63) is 0 Å². The quantitative estimate of drug-likeness (QED) is 0.675. The molecule has 4 heteroatoms. The number of aliphatic hydroxyl groups excluding tert-OH is 1. The minimum Gasteiger partial charge on any atom is -0.395 e. The Morgan fingerprint density at radius 1 is 1.56 bits per heavy atom. The summed E-state index contributed by atoms with van der Waals surface area (Å²) in [6.07, 6.45) is 5.18. The van der Waals surface area contributed by atoms with Crippen molar-refractivity contribution in [1.29, 1.82) is 0 Å². The molecule has 0 aromatic carbocycles. The van der Waals surface area contributed by atoms with Crippen molar-refractivity contribution >= 4 is 5.91 Å². The number of amides is 1. The predicted molar refractivity (Wildman–Crippen MR) is 63.9 cm³/mol. The lowest BCUT2D eigenvalue weighted by Gasteiger charge is -2.39. The fourth-order valence-electron chi connectivity index (χ4n) is 2.20. The van der Waals surface area contributed by atoms with E-state index in [9.17, 15) is 4.79 Å². The van der Waals surface area contributed by atoms with Crippen LogP contribution in [0.25, 0.3) is 0 Å². The number of nitrogens with zero attached hydrogens (tertiary/aromatic N) is 1. The Morgan fingerprint density at radius 3 is 2.62 bits per heavy atom. The normalized spacial score (nSPS) is 17.9. The average Bonchev–Trinajstić information content (AvgIpc) is 2.22. The molecule has 0 aromatic rings. The SMILES string of the molecule is CCCC(CN)C(=O)N(CCO)C1CCC1. The summed E-state index contributed by atoms with van der Waals surface area (Å²) in [5.41, 5.74) is 5.64. The molecular formula is C12H24N2O2. The third-order valence-corrected chi connectivity index (χ3v) is 3.41. The number of nitrogens with two attached hydrogens (primary N) is 1. The van der Waals surface area contributed by atoms with Crippen LogP contribution in [0.5, 0.6) is 0 Å². The third kappa shape index (κ3) is 3.19. The van der Waals surface area contributed by atoms with E-state index in [1.807, 2.05) is 4.90 Å². The largest absolute Gasteiger partial charge is 0.395 e. The van der Waals surface area contributed by atoms with Gasteiger partial charge in [-0.3, -0.25) is 4.79 Å². The minimum absolute atomic E-state index is 0.0473. The Labute approximate surface area is 97.8 Å². The fourth-order valence-corrected chi connectivity index (χ4v) is 2.20. The van der Waals surface area contributed by atoms with Crippen molar-refractivity contribution in [3.8, 4) is 0 Å². The van der Waals surface area contributed by atoms with Gasteiger partial charge < -0.3 is 15.7 Å². The van der Waals surface area contributed by atoms with Gasteiger partial charge in [0.2, 0.25) is 5.91 Å². The van der Waals surface area contributed by atoms with Gasteiger partial charge in [0.15, 0.2) is 0 Å². The van der Waals surface area contributed by atoms with Crippen LogP contribution < -0.4 is 5.73 Å². The van der Waals surface area contributed by atoms with E-state index in [0.29, 0.717) is 19.1 Å². The first-order chi connectivity index (χ1) is 7.74. The zero-order valence-corrected chi connectivity index (χ0v) is 10.2. The second-order valence-corrected chi connectivity index (χ2v) is 4.56. The maximum absolute atomic E-state index is 12.2. The molecule has 0 radical (unpaired) electrons. The van der Waals surface area contributed by atoms with Crippen LogP contribution in [0.3, 0.4) is 0 Å². The van der Waals surface area contributed by atoms with Crippen molar-refractivity contribution < 1.29 is 9.90 Å². The number of hydrogen-bond donors (Lipinski definition) is 2. The molecule has 1 amide bonds. The van der Waals surface area contributed by atoms with Crippen LogP contribution in [0.15, 0.2) is 0 Å². The summed E-state index contributed by atoms with van der Waals surface area (Å²) >= 11 is 0. The van der Waals surface area contributed by atoms with Gasteiger partial charge in [0.25, 0.3) is 0 Å². The highest BCUT2D eigenvalue weighted by Gasteiger charge is 2.31. The summed E-state index contributed by atoms with van der Waals surface area (Å²) < 4.78 is 0. The molecule has 0 heterocycles. The summed E-state index contributed by atoms with van der Waals surface area (Å²) in [7, 11) is 0. The standard InChI is InChI=1S/C12H24N2O2/c1-2-4-10(9-13)12(16)14(7-8-15)11-5-3-6-11/h10-11,15H,2-9,13H2,1H3. The second kappa shape index (κ2) is 6.86. The van der Waals surface area contributed by atoms with E-state index < -0.39 is 0 Å². The summed E-state index contributed by atoms with van der Waals surface area (Å²) in [4.78, 5) is 14.1. The van der Waals surface area contributed by atoms with Gasteiger partial charge in [-0.05, 0) is 25.7 Å². The van der Waals surface area contributed by atoms with Crippen molar-refractivity contribution in [2.24, 2.45) is 11.7 Å². The van der Waals surface area contributed by atoms with Gasteiger partial charge in [0.1, 0.15) is 0 Å². The van der Waals surface area contributed by atoms with Gasteiger partial charge in [-0.2, -0.15) is 0 Å². The molecular weight excluding hydrogens is 204 g/mol. The molecule has 1 rings (SSSR count). The smallest absolute Gasteiger partial charge is 0.227 e. The fraction of sp³-hybridized carbons (Fsp3) is 0.917. The van der Waals surface area contributed by atoms with Crippen LogP contribution in [0.2, 0.25) is 0 Å². The first-order valence-electron chi connectivity index (χ1n) is 6.36. The van der Waals surface area contributed by atoms with Gasteiger partial charge in [0.05, 0.1) is 12.5 Å². The minimum atomic E-state index is -0.0582. The molecule has 0 aliphatic heterocycles. The van der Waals surface area contributed by atoms with E-state index in [0.717, 1.165) is 25.7 Å². The van der Waals surface area contributed by atoms with E-state index in [2.05, 4.69) is 6.92 Å². The molecule has 0 saturated heterocycles. The lowest BCUT2D eigenvalue weighted by atomic mass is 9.90. The number of hydrogen-bond acceptors (Lipinski definition) is 3. The summed E-state index contributed by atoms with van der Waals surface area (Å²) in [5.74, 6) is 0.0836. The second-order valence-electron chi connectivity index (χ2n) is 4.56. The number of carbonyl (C=O) groups excluding carboxylic acids is 1. The lowest BCUT2D eigenvalue weighted by Crippen LogP contribution is -2.49. The molecule has 4 nitrogen and oxygen atoms in total. The maximum Gasteiger partial charge on any atom is 0.227 e. The van der Waals surface area contributed by atoms with Crippen LogP contribution in [0.1, 0.15) is 39.0 Å². The Bertz CT molecular complexity index is 217. The van der Waals surface area contributed by atoms with Gasteiger partial charge >= 0.3 is 0 Å². The molecule has 0 spiro atoms. The maximum atomic E-state index is 12.2. The number of rotatable bonds is 7. The molecule has 1 atom stereocenters. The molecule has 0 aromatic heterocycles. The topological polar surface area (TPSA) is 66.6 Å². The van der Waals surface area contributed by atoms with Crippen LogP contribution in [-0.4, -0.2) is 41.7 Å². The van der Waals surface area contributed by atoms with Crippen molar-refractivity contribution in [2.75, 3.05) is 19.7 Å². The van der Waals surface area contributed by atoms with Crippen LogP contribution in [0.4, 0.5) is 0 Å². The Hall–Kier alpha value is -0.610. The van der Waals surface area contributed by atoms with Crippen molar-refractivity contribution in [1.82, 2.24) is 4.90 Å². The lowest BCUT2D eigenvalue weighted by molar-refractivity contribution is -0.140. The zero-order chi connectivity index (χ0) is 12.0. The first-order valence-corrected chi connectivity index (χ1v) is 6.36. The van der Waals surface area contributed by atoms with Crippen LogP contribution in [-0.2, 0) is 4.79 Å². The first kappa shape index (κ1) is 13.5. The molecule has 16 heavy (non-hydrogen) atoms. The summed E-state index contributed by atoms with van der Waals surface area (Å²) in [6, 6.07) is 0.352.